The Labute approximate surface area is 236 Å². The number of fused-ring (bicyclic) bond motifs is 1. The van der Waals surface area contributed by atoms with Gasteiger partial charge in [-0.25, -0.2) is 4.79 Å². The van der Waals surface area contributed by atoms with Crippen LogP contribution in [0.3, 0.4) is 0 Å². The minimum absolute atomic E-state index is 0.0496. The lowest BCUT2D eigenvalue weighted by molar-refractivity contribution is -0.119. The Morgan fingerprint density at radius 2 is 1.82 bits per heavy atom. The second-order valence-electron chi connectivity index (χ2n) is 13.1. The van der Waals surface area contributed by atoms with Crippen LogP contribution in [-0.2, 0) is 24.7 Å². The standard InChI is InChI=1S/C31H42N6O3/c1-19(2)31(37-18-30(11-12-30)17-33-29(37)40)15-21-9-10-23(13-22(21)16-31)34-28(39)26(20-7-5-4-6-8-20)24-14-25(27(32)38)36(3)35-24/h9-10,13-14,19-20,26H,4-8,11-12,15-18H2,1-3H3,(H2,32,38)(H,33,40)(H,34,39)/t26-,31?/m0/s1. The number of nitrogens with zero attached hydrogens (tertiary/aromatic N) is 3. The smallest absolute Gasteiger partial charge is 0.317 e. The van der Waals surface area contributed by atoms with E-state index in [0.717, 1.165) is 57.3 Å². The van der Waals surface area contributed by atoms with Crippen molar-refractivity contribution < 1.29 is 14.4 Å². The highest BCUT2D eigenvalue weighted by molar-refractivity contribution is 5.97. The SMILES string of the molecule is CC(C)C1(N2CC3(CC3)CNC2=O)Cc2ccc(NC(=O)[C@H](c3cc(C(N)=O)n(C)n3)C3CCCCC3)cc2C1. The van der Waals surface area contributed by atoms with Gasteiger partial charge in [0.2, 0.25) is 5.91 Å². The van der Waals surface area contributed by atoms with Gasteiger partial charge in [0.1, 0.15) is 5.69 Å². The lowest BCUT2D eigenvalue weighted by atomic mass is 9.78. The third-order valence-corrected chi connectivity index (χ3v) is 10.3. The van der Waals surface area contributed by atoms with Crippen molar-refractivity contribution in [2.75, 3.05) is 18.4 Å². The monoisotopic (exact) mass is 546 g/mol. The zero-order chi connectivity index (χ0) is 28.2. The second-order valence-corrected chi connectivity index (χ2v) is 13.1. The lowest BCUT2D eigenvalue weighted by Gasteiger charge is -2.48. The molecular formula is C31H42N6O3. The molecule has 9 heteroatoms. The molecule has 0 bridgehead atoms. The summed E-state index contributed by atoms with van der Waals surface area (Å²) in [4.78, 5) is 41.0. The Hall–Kier alpha value is -3.36. The molecule has 40 heavy (non-hydrogen) atoms. The summed E-state index contributed by atoms with van der Waals surface area (Å²) in [7, 11) is 1.69. The Bertz CT molecular complexity index is 1340. The Morgan fingerprint density at radius 1 is 1.10 bits per heavy atom. The first-order valence-corrected chi connectivity index (χ1v) is 14.9. The summed E-state index contributed by atoms with van der Waals surface area (Å²) in [6.45, 7) is 6.06. The largest absolute Gasteiger partial charge is 0.364 e. The summed E-state index contributed by atoms with van der Waals surface area (Å²) >= 11 is 0. The summed E-state index contributed by atoms with van der Waals surface area (Å²) in [6, 6.07) is 7.92. The number of amides is 4. The molecule has 4 aliphatic rings. The molecule has 2 aromatic rings. The molecule has 3 aliphatic carbocycles. The van der Waals surface area contributed by atoms with Gasteiger partial charge < -0.3 is 21.3 Å². The minimum atomic E-state index is -0.550. The number of aryl methyl sites for hydroxylation is 1. The minimum Gasteiger partial charge on any atom is -0.364 e. The maximum Gasteiger partial charge on any atom is 0.317 e. The van der Waals surface area contributed by atoms with Crippen molar-refractivity contribution in [3.8, 4) is 0 Å². The van der Waals surface area contributed by atoms with Gasteiger partial charge in [0.25, 0.3) is 5.91 Å². The van der Waals surface area contributed by atoms with Crippen LogP contribution in [0.4, 0.5) is 10.5 Å². The normalized spacial score (nSPS) is 24.6. The van der Waals surface area contributed by atoms with Gasteiger partial charge in [0, 0.05) is 31.2 Å². The van der Waals surface area contributed by atoms with Crippen molar-refractivity contribution >= 4 is 23.5 Å². The molecule has 6 rings (SSSR count). The molecule has 4 amide bonds. The highest BCUT2D eigenvalue weighted by Gasteiger charge is 2.55. The third kappa shape index (κ3) is 4.67. The number of anilines is 1. The van der Waals surface area contributed by atoms with Gasteiger partial charge in [-0.2, -0.15) is 5.10 Å². The summed E-state index contributed by atoms with van der Waals surface area (Å²) in [5.41, 5.74) is 9.64. The van der Waals surface area contributed by atoms with Crippen LogP contribution in [-0.4, -0.2) is 51.2 Å². The second kappa shape index (κ2) is 9.93. The number of nitrogens with two attached hydrogens (primary N) is 1. The predicted octanol–water partition coefficient (Wildman–Crippen LogP) is 4.12. The molecular weight excluding hydrogens is 504 g/mol. The quantitative estimate of drug-likeness (QED) is 0.483. The molecule has 3 fully saturated rings. The molecule has 2 atom stereocenters. The summed E-state index contributed by atoms with van der Waals surface area (Å²) in [6.07, 6.45) is 9.24. The number of hydrogen-bond donors (Lipinski definition) is 3. The number of aromatic nitrogens is 2. The van der Waals surface area contributed by atoms with E-state index in [1.54, 1.807) is 13.1 Å². The molecule has 1 saturated heterocycles. The van der Waals surface area contributed by atoms with E-state index in [1.807, 2.05) is 6.07 Å². The van der Waals surface area contributed by atoms with Crippen molar-refractivity contribution in [2.24, 2.45) is 30.0 Å². The molecule has 9 nitrogen and oxygen atoms in total. The molecule has 214 valence electrons. The van der Waals surface area contributed by atoms with Gasteiger partial charge in [-0.3, -0.25) is 14.3 Å². The maximum atomic E-state index is 13.9. The van der Waals surface area contributed by atoms with E-state index in [4.69, 9.17) is 5.73 Å². The van der Waals surface area contributed by atoms with E-state index >= 15 is 0 Å². The van der Waals surface area contributed by atoms with Crippen molar-refractivity contribution in [3.05, 3.63) is 46.8 Å². The highest BCUT2D eigenvalue weighted by Crippen LogP contribution is 2.51. The number of urea groups is 1. The average Bonchev–Trinajstić information content (AvgIpc) is 3.38. The third-order valence-electron chi connectivity index (χ3n) is 10.3. The molecule has 4 N–H and O–H groups in total. The zero-order valence-electron chi connectivity index (χ0n) is 24.0. The van der Waals surface area contributed by atoms with Crippen LogP contribution in [0.1, 0.15) is 92.0 Å². The van der Waals surface area contributed by atoms with E-state index in [9.17, 15) is 14.4 Å². The molecule has 0 radical (unpaired) electrons. The number of nitrogens with one attached hydrogen (secondary N) is 2. The number of rotatable bonds is 7. The number of benzene rings is 1. The van der Waals surface area contributed by atoms with Gasteiger partial charge >= 0.3 is 6.03 Å². The van der Waals surface area contributed by atoms with E-state index in [2.05, 4.69) is 46.6 Å². The summed E-state index contributed by atoms with van der Waals surface area (Å²) < 4.78 is 1.48. The van der Waals surface area contributed by atoms with Gasteiger partial charge in [0.05, 0.1) is 17.2 Å². The maximum absolute atomic E-state index is 13.9. The highest BCUT2D eigenvalue weighted by atomic mass is 16.2. The van der Waals surface area contributed by atoms with E-state index < -0.39 is 11.8 Å². The number of hydrogen-bond acceptors (Lipinski definition) is 4. The van der Waals surface area contributed by atoms with Crippen LogP contribution in [0.25, 0.3) is 0 Å². The fraction of sp³-hybridized carbons (Fsp3) is 0.613. The fourth-order valence-electron chi connectivity index (χ4n) is 7.52. The zero-order valence-corrected chi connectivity index (χ0v) is 24.0. The number of carbonyl (C=O) groups is 3. The predicted molar refractivity (Wildman–Crippen MR) is 153 cm³/mol. The lowest BCUT2D eigenvalue weighted by Crippen LogP contribution is -2.64. The van der Waals surface area contributed by atoms with E-state index in [-0.39, 0.29) is 34.7 Å². The topological polar surface area (TPSA) is 122 Å². The van der Waals surface area contributed by atoms with Gasteiger partial charge in [-0.1, -0.05) is 39.2 Å². The van der Waals surface area contributed by atoms with Crippen molar-refractivity contribution in [2.45, 2.75) is 83.1 Å². The first-order chi connectivity index (χ1) is 19.1. The van der Waals surface area contributed by atoms with Crippen LogP contribution in [0.2, 0.25) is 0 Å². The van der Waals surface area contributed by atoms with Crippen molar-refractivity contribution in [1.82, 2.24) is 20.0 Å². The average molecular weight is 547 g/mol. The van der Waals surface area contributed by atoms with Crippen molar-refractivity contribution in [3.63, 3.8) is 0 Å². The Kier molecular flexibility index (Phi) is 6.66. The van der Waals surface area contributed by atoms with Crippen LogP contribution in [0.15, 0.2) is 24.3 Å². The van der Waals surface area contributed by atoms with E-state index in [1.165, 1.54) is 35.1 Å². The fourth-order valence-corrected chi connectivity index (χ4v) is 7.52. The molecule has 1 aromatic carbocycles. The van der Waals surface area contributed by atoms with Gasteiger partial charge in [-0.05, 0) is 79.7 Å². The van der Waals surface area contributed by atoms with Crippen LogP contribution >= 0.6 is 0 Å². The molecule has 2 heterocycles. The number of carbonyl (C=O) groups excluding carboxylic acids is 3. The molecule has 1 unspecified atom stereocenters. The molecule has 1 aromatic heterocycles. The van der Waals surface area contributed by atoms with Crippen LogP contribution in [0.5, 0.6) is 0 Å². The number of primary amides is 1. The Morgan fingerprint density at radius 3 is 2.48 bits per heavy atom. The Balaban J connectivity index is 1.25. The van der Waals surface area contributed by atoms with Crippen molar-refractivity contribution in [1.29, 1.82) is 0 Å². The van der Waals surface area contributed by atoms with Crippen LogP contribution < -0.4 is 16.4 Å². The summed E-state index contributed by atoms with van der Waals surface area (Å²) in [5.74, 6) is -0.641. The molecule has 2 saturated carbocycles. The molecule has 1 spiro atoms. The van der Waals surface area contributed by atoms with Gasteiger partial charge in [-0.15, -0.1) is 0 Å². The van der Waals surface area contributed by atoms with E-state index in [0.29, 0.717) is 11.4 Å². The van der Waals surface area contributed by atoms with Crippen LogP contribution in [0, 0.1) is 17.3 Å². The molecule has 1 aliphatic heterocycles. The first-order valence-electron chi connectivity index (χ1n) is 14.9. The first kappa shape index (κ1) is 26.8. The summed E-state index contributed by atoms with van der Waals surface area (Å²) in [5, 5.41) is 10.9. The van der Waals surface area contributed by atoms with Gasteiger partial charge in [0.15, 0.2) is 0 Å².